The lowest BCUT2D eigenvalue weighted by atomic mass is 9.84. The molecule has 212 valence electrons. The van der Waals surface area contributed by atoms with Gasteiger partial charge in [0.25, 0.3) is 0 Å². The van der Waals surface area contributed by atoms with Crippen LogP contribution in [0.1, 0.15) is 80.1 Å². The maximum absolute atomic E-state index is 12.5. The van der Waals surface area contributed by atoms with Gasteiger partial charge in [-0.3, -0.25) is 0 Å². The zero-order valence-electron chi connectivity index (χ0n) is 24.4. The second-order valence-corrected chi connectivity index (χ2v) is 11.8. The summed E-state index contributed by atoms with van der Waals surface area (Å²) in [6.07, 6.45) is 6.68. The minimum Gasteiger partial charge on any atom is -0.481 e. The molecule has 0 spiro atoms. The van der Waals surface area contributed by atoms with Gasteiger partial charge in [0.05, 0.1) is 6.61 Å². The van der Waals surface area contributed by atoms with Crippen molar-refractivity contribution in [2.45, 2.75) is 85.7 Å². The summed E-state index contributed by atoms with van der Waals surface area (Å²) < 4.78 is 22.9. The van der Waals surface area contributed by atoms with Crippen molar-refractivity contribution < 1.29 is 28.5 Å². The number of ether oxygens (including phenoxy) is 4. The fourth-order valence-electron chi connectivity index (χ4n) is 4.46. The van der Waals surface area contributed by atoms with Crippen molar-refractivity contribution in [2.75, 3.05) is 19.8 Å². The molecule has 0 radical (unpaired) electrons. The van der Waals surface area contributed by atoms with Gasteiger partial charge >= 0.3 is 11.9 Å². The van der Waals surface area contributed by atoms with E-state index in [2.05, 4.69) is 20.8 Å². The van der Waals surface area contributed by atoms with Gasteiger partial charge in [0.15, 0.2) is 13.2 Å². The monoisotopic (exact) mass is 536 g/mol. The minimum atomic E-state index is -0.595. The first-order chi connectivity index (χ1) is 18.5. The van der Waals surface area contributed by atoms with Crippen molar-refractivity contribution in [3.8, 4) is 11.5 Å². The van der Waals surface area contributed by atoms with Crippen molar-refractivity contribution in [3.63, 3.8) is 0 Å². The lowest BCUT2D eigenvalue weighted by Crippen LogP contribution is -2.27. The van der Waals surface area contributed by atoms with Gasteiger partial charge in [-0.2, -0.15) is 0 Å². The molecule has 3 aromatic rings. The Balaban J connectivity index is 1.64. The minimum absolute atomic E-state index is 0.184. The number of esters is 2. The molecule has 0 saturated heterocycles. The molecule has 0 atom stereocenters. The second-order valence-electron chi connectivity index (χ2n) is 11.8. The number of fused-ring (bicyclic) bond motifs is 2. The summed E-state index contributed by atoms with van der Waals surface area (Å²) in [4.78, 5) is 24.8. The van der Waals surface area contributed by atoms with Gasteiger partial charge in [-0.25, -0.2) is 9.59 Å². The molecule has 0 N–H and O–H groups in total. The van der Waals surface area contributed by atoms with Gasteiger partial charge in [0, 0.05) is 21.5 Å². The fraction of sp³-hybridized carbons (Fsp3) is 0.515. The first kappa shape index (κ1) is 30.3. The summed E-state index contributed by atoms with van der Waals surface area (Å²) in [5, 5.41) is 3.15. The molecule has 0 aliphatic rings. The van der Waals surface area contributed by atoms with Gasteiger partial charge in [0.2, 0.25) is 0 Å². The van der Waals surface area contributed by atoms with Gasteiger partial charge < -0.3 is 18.9 Å². The quantitative estimate of drug-likeness (QED) is 0.118. The zero-order valence-corrected chi connectivity index (χ0v) is 24.4. The number of carbonyl (C=O) groups excluding carboxylic acids is 2. The highest BCUT2D eigenvalue weighted by Crippen LogP contribution is 2.42. The smallest absolute Gasteiger partial charge is 0.344 e. The number of carbonyl (C=O) groups is 2. The maximum atomic E-state index is 12.5. The van der Waals surface area contributed by atoms with E-state index in [1.54, 1.807) is 0 Å². The first-order valence-corrected chi connectivity index (χ1v) is 14.1. The molecule has 0 amide bonds. The van der Waals surface area contributed by atoms with E-state index in [1.807, 2.05) is 69.3 Å². The van der Waals surface area contributed by atoms with Crippen LogP contribution in [0.25, 0.3) is 21.5 Å². The summed E-state index contributed by atoms with van der Waals surface area (Å²) in [6.45, 7) is 12.3. The molecule has 3 rings (SSSR count). The van der Waals surface area contributed by atoms with Gasteiger partial charge in [-0.15, -0.1) is 0 Å². The molecule has 0 bridgehead atoms. The Bertz CT molecular complexity index is 1200. The average molecular weight is 537 g/mol. The van der Waals surface area contributed by atoms with E-state index in [0.29, 0.717) is 23.5 Å². The van der Waals surface area contributed by atoms with Crippen LogP contribution in [-0.2, 0) is 19.1 Å². The first-order valence-electron chi connectivity index (χ1n) is 14.1. The SMILES string of the molecule is CCC(C)(C)CCCCCCOC(=O)COc1c2ccccc2c(OCC(=O)OC(C)(C)C)c2ccccc12. The van der Waals surface area contributed by atoms with E-state index in [-0.39, 0.29) is 19.2 Å². The normalized spacial score (nSPS) is 11.9. The van der Waals surface area contributed by atoms with Crippen molar-refractivity contribution in [2.24, 2.45) is 5.41 Å². The summed E-state index contributed by atoms with van der Waals surface area (Å²) in [7, 11) is 0. The Morgan fingerprint density at radius 3 is 1.59 bits per heavy atom. The molecule has 6 heteroatoms. The summed E-state index contributed by atoms with van der Waals surface area (Å²) in [5.41, 5.74) is -0.191. The molecular weight excluding hydrogens is 492 g/mol. The Labute approximate surface area is 233 Å². The topological polar surface area (TPSA) is 71.1 Å². The Morgan fingerprint density at radius 2 is 1.13 bits per heavy atom. The van der Waals surface area contributed by atoms with Crippen LogP contribution in [0.2, 0.25) is 0 Å². The molecule has 6 nitrogen and oxygen atoms in total. The van der Waals surface area contributed by atoms with Crippen LogP contribution in [0.5, 0.6) is 11.5 Å². The lowest BCUT2D eigenvalue weighted by Gasteiger charge is -2.22. The zero-order chi connectivity index (χ0) is 28.5. The summed E-state index contributed by atoms with van der Waals surface area (Å²) in [5.74, 6) is 0.328. The highest BCUT2D eigenvalue weighted by molar-refractivity contribution is 6.11. The van der Waals surface area contributed by atoms with Crippen LogP contribution in [0.15, 0.2) is 48.5 Å². The molecule has 39 heavy (non-hydrogen) atoms. The molecule has 0 aliphatic carbocycles. The van der Waals surface area contributed by atoms with Crippen molar-refractivity contribution in [1.29, 1.82) is 0 Å². The molecule has 0 unspecified atom stereocenters. The molecule has 0 heterocycles. The highest BCUT2D eigenvalue weighted by atomic mass is 16.6. The van der Waals surface area contributed by atoms with Crippen molar-refractivity contribution in [3.05, 3.63) is 48.5 Å². The molecule has 0 aromatic heterocycles. The highest BCUT2D eigenvalue weighted by Gasteiger charge is 2.20. The number of rotatable bonds is 14. The molecule has 0 fully saturated rings. The van der Waals surface area contributed by atoms with Gasteiger partial charge in [0.1, 0.15) is 17.1 Å². The number of benzene rings is 3. The molecule has 0 aliphatic heterocycles. The summed E-state index contributed by atoms with van der Waals surface area (Å²) >= 11 is 0. The predicted octanol–water partition coefficient (Wildman–Crippen LogP) is 8.02. The third-order valence-electron chi connectivity index (χ3n) is 6.89. The average Bonchev–Trinajstić information content (AvgIpc) is 2.89. The van der Waals surface area contributed by atoms with E-state index in [4.69, 9.17) is 18.9 Å². The van der Waals surface area contributed by atoms with Gasteiger partial charge in [-0.05, 0) is 39.0 Å². The third kappa shape index (κ3) is 9.15. The third-order valence-corrected chi connectivity index (χ3v) is 6.89. The van der Waals surface area contributed by atoms with Crippen molar-refractivity contribution in [1.82, 2.24) is 0 Å². The van der Waals surface area contributed by atoms with Crippen LogP contribution in [0.4, 0.5) is 0 Å². The molecule has 3 aromatic carbocycles. The Morgan fingerprint density at radius 1 is 0.667 bits per heavy atom. The van der Waals surface area contributed by atoms with Crippen LogP contribution in [0, 0.1) is 5.41 Å². The van der Waals surface area contributed by atoms with E-state index < -0.39 is 11.6 Å². The van der Waals surface area contributed by atoms with Gasteiger partial charge in [-0.1, -0.05) is 95.0 Å². The molecule has 0 saturated carbocycles. The second kappa shape index (κ2) is 13.7. The van der Waals surface area contributed by atoms with E-state index in [0.717, 1.165) is 40.8 Å². The van der Waals surface area contributed by atoms with Crippen LogP contribution >= 0.6 is 0 Å². The molecular formula is C33H44O6. The predicted molar refractivity (Wildman–Crippen MR) is 156 cm³/mol. The van der Waals surface area contributed by atoms with Crippen LogP contribution < -0.4 is 9.47 Å². The number of hydrogen-bond acceptors (Lipinski definition) is 6. The van der Waals surface area contributed by atoms with Crippen LogP contribution in [-0.4, -0.2) is 37.4 Å². The fourth-order valence-corrected chi connectivity index (χ4v) is 4.46. The van der Waals surface area contributed by atoms with E-state index in [9.17, 15) is 9.59 Å². The number of hydrogen-bond donors (Lipinski definition) is 0. The van der Waals surface area contributed by atoms with E-state index >= 15 is 0 Å². The Hall–Kier alpha value is -3.28. The number of unbranched alkanes of at least 4 members (excludes halogenated alkanes) is 3. The maximum Gasteiger partial charge on any atom is 0.344 e. The standard InChI is InChI=1S/C33H44O6/c1-7-33(5,6)20-14-8-9-15-21-36-28(34)22-37-30-24-16-10-12-18-26(24)31(27-19-13-11-17-25(27)30)38-23-29(35)39-32(2,3)4/h10-13,16-19H,7-9,14-15,20-23H2,1-6H3. The summed E-state index contributed by atoms with van der Waals surface area (Å²) in [6, 6.07) is 15.3. The van der Waals surface area contributed by atoms with E-state index in [1.165, 1.54) is 19.3 Å². The Kier molecular flexibility index (Phi) is 10.6. The lowest BCUT2D eigenvalue weighted by molar-refractivity contribution is -0.157. The van der Waals surface area contributed by atoms with Crippen LogP contribution in [0.3, 0.4) is 0 Å². The van der Waals surface area contributed by atoms with Crippen molar-refractivity contribution >= 4 is 33.5 Å². The largest absolute Gasteiger partial charge is 0.481 e.